The maximum absolute atomic E-state index is 5.90. The fourth-order valence-electron chi connectivity index (χ4n) is 2.77. The van der Waals surface area contributed by atoms with E-state index in [1.54, 1.807) is 0 Å². The molecule has 1 aromatic heterocycles. The molecule has 3 rings (SSSR count). The predicted molar refractivity (Wildman–Crippen MR) is 61.4 cm³/mol. The Morgan fingerprint density at radius 2 is 2.35 bits per heavy atom. The summed E-state index contributed by atoms with van der Waals surface area (Å²) in [5, 5.41) is 7.40. The third-order valence-electron chi connectivity index (χ3n) is 3.88. The van der Waals surface area contributed by atoms with E-state index in [-0.39, 0.29) is 5.60 Å². The maximum Gasteiger partial charge on any atom is 0.223 e. The first-order valence-electron chi connectivity index (χ1n) is 6.42. The van der Waals surface area contributed by atoms with E-state index < -0.39 is 0 Å². The molecule has 1 unspecified atom stereocenters. The van der Waals surface area contributed by atoms with Crippen molar-refractivity contribution < 1.29 is 9.26 Å². The fourth-order valence-corrected chi connectivity index (χ4v) is 2.77. The standard InChI is InChI=1S/C12H19N3O2/c1-9-14-11(15-17-9)8-13-10-3-6-16-12(7-10)4-2-5-12/h10,13H,2-8H2,1H3. The highest BCUT2D eigenvalue weighted by atomic mass is 16.5. The zero-order chi connectivity index (χ0) is 11.7. The summed E-state index contributed by atoms with van der Waals surface area (Å²) in [5.41, 5.74) is 0.198. The van der Waals surface area contributed by atoms with Crippen LogP contribution in [0.4, 0.5) is 0 Å². The molecule has 5 nitrogen and oxygen atoms in total. The van der Waals surface area contributed by atoms with Crippen LogP contribution in [-0.2, 0) is 11.3 Å². The normalized spacial score (nSPS) is 27.0. The Morgan fingerprint density at radius 1 is 1.47 bits per heavy atom. The van der Waals surface area contributed by atoms with Crippen molar-refractivity contribution in [1.82, 2.24) is 15.5 Å². The highest BCUT2D eigenvalue weighted by molar-refractivity contribution is 4.96. The van der Waals surface area contributed by atoms with Gasteiger partial charge in [0.05, 0.1) is 12.1 Å². The van der Waals surface area contributed by atoms with Gasteiger partial charge >= 0.3 is 0 Å². The molecule has 17 heavy (non-hydrogen) atoms. The van der Waals surface area contributed by atoms with Gasteiger partial charge in [0.1, 0.15) is 0 Å². The summed E-state index contributed by atoms with van der Waals surface area (Å²) < 4.78 is 10.8. The Labute approximate surface area is 101 Å². The fraction of sp³-hybridized carbons (Fsp3) is 0.833. The molecule has 1 N–H and O–H groups in total. The van der Waals surface area contributed by atoms with Crippen molar-refractivity contribution in [2.24, 2.45) is 0 Å². The zero-order valence-corrected chi connectivity index (χ0v) is 10.2. The van der Waals surface area contributed by atoms with E-state index >= 15 is 0 Å². The van der Waals surface area contributed by atoms with E-state index in [0.29, 0.717) is 18.5 Å². The minimum Gasteiger partial charge on any atom is -0.375 e. The Morgan fingerprint density at radius 3 is 3.00 bits per heavy atom. The van der Waals surface area contributed by atoms with Crippen molar-refractivity contribution in [1.29, 1.82) is 0 Å². The van der Waals surface area contributed by atoms with Crippen molar-refractivity contribution in [2.75, 3.05) is 6.61 Å². The number of rotatable bonds is 3. The lowest BCUT2D eigenvalue weighted by Crippen LogP contribution is -2.50. The molecule has 0 bridgehead atoms. The number of hydrogen-bond donors (Lipinski definition) is 1. The minimum absolute atomic E-state index is 0.198. The number of aryl methyl sites for hydroxylation is 1. The summed E-state index contributed by atoms with van der Waals surface area (Å²) in [5.74, 6) is 1.38. The summed E-state index contributed by atoms with van der Waals surface area (Å²) in [7, 11) is 0. The molecule has 1 aliphatic carbocycles. The van der Waals surface area contributed by atoms with Crippen LogP contribution in [0, 0.1) is 6.92 Å². The van der Waals surface area contributed by atoms with E-state index in [0.717, 1.165) is 25.3 Å². The van der Waals surface area contributed by atoms with Gasteiger partial charge in [0.25, 0.3) is 0 Å². The number of hydrogen-bond acceptors (Lipinski definition) is 5. The third kappa shape index (κ3) is 2.35. The first kappa shape index (κ1) is 11.2. The average Bonchev–Trinajstić information content (AvgIpc) is 2.71. The average molecular weight is 237 g/mol. The molecule has 5 heteroatoms. The molecule has 2 aliphatic rings. The Kier molecular flexibility index (Phi) is 2.88. The SMILES string of the molecule is Cc1nc(CNC2CCOC3(CCC3)C2)no1. The van der Waals surface area contributed by atoms with Crippen LogP contribution < -0.4 is 5.32 Å². The van der Waals surface area contributed by atoms with Gasteiger partial charge in [0, 0.05) is 19.6 Å². The van der Waals surface area contributed by atoms with Crippen LogP contribution in [0.2, 0.25) is 0 Å². The van der Waals surface area contributed by atoms with Crippen LogP contribution in [0.3, 0.4) is 0 Å². The zero-order valence-electron chi connectivity index (χ0n) is 10.2. The minimum atomic E-state index is 0.198. The number of aromatic nitrogens is 2. The van der Waals surface area contributed by atoms with E-state index in [4.69, 9.17) is 9.26 Å². The second-order valence-electron chi connectivity index (χ2n) is 5.19. The van der Waals surface area contributed by atoms with Crippen LogP contribution in [-0.4, -0.2) is 28.4 Å². The molecule has 1 saturated carbocycles. The van der Waals surface area contributed by atoms with Gasteiger partial charge < -0.3 is 14.6 Å². The Bertz CT molecular complexity index is 387. The van der Waals surface area contributed by atoms with E-state index in [2.05, 4.69) is 15.5 Å². The van der Waals surface area contributed by atoms with Crippen molar-refractivity contribution in [2.45, 2.75) is 57.2 Å². The first-order valence-corrected chi connectivity index (χ1v) is 6.42. The number of nitrogens with zero attached hydrogens (tertiary/aromatic N) is 2. The van der Waals surface area contributed by atoms with Gasteiger partial charge in [-0.05, 0) is 32.1 Å². The van der Waals surface area contributed by atoms with Crippen LogP contribution in [0.1, 0.15) is 43.8 Å². The second kappa shape index (κ2) is 4.38. The molecule has 0 radical (unpaired) electrons. The predicted octanol–water partition coefficient (Wildman–Crippen LogP) is 1.57. The lowest BCUT2D eigenvalue weighted by molar-refractivity contribution is -0.135. The molecule has 1 aliphatic heterocycles. The van der Waals surface area contributed by atoms with Crippen molar-refractivity contribution in [3.8, 4) is 0 Å². The molecule has 2 heterocycles. The van der Waals surface area contributed by atoms with Crippen LogP contribution >= 0.6 is 0 Å². The number of nitrogens with one attached hydrogen (secondary N) is 1. The van der Waals surface area contributed by atoms with Crippen LogP contribution in [0.5, 0.6) is 0 Å². The highest BCUT2D eigenvalue weighted by Crippen LogP contribution is 2.42. The maximum atomic E-state index is 5.90. The molecular formula is C12H19N3O2. The smallest absolute Gasteiger partial charge is 0.223 e. The Hall–Kier alpha value is -0.940. The van der Waals surface area contributed by atoms with E-state index in [1.807, 2.05) is 6.92 Å². The molecule has 2 fully saturated rings. The molecule has 1 saturated heterocycles. The quantitative estimate of drug-likeness (QED) is 0.864. The molecule has 1 spiro atoms. The summed E-state index contributed by atoms with van der Waals surface area (Å²) in [6.07, 6.45) is 5.98. The Balaban J connectivity index is 1.51. The molecule has 0 amide bonds. The van der Waals surface area contributed by atoms with Crippen molar-refractivity contribution >= 4 is 0 Å². The van der Waals surface area contributed by atoms with Gasteiger partial charge in [-0.25, -0.2) is 0 Å². The summed E-state index contributed by atoms with van der Waals surface area (Å²) >= 11 is 0. The van der Waals surface area contributed by atoms with Crippen molar-refractivity contribution in [3.63, 3.8) is 0 Å². The molecule has 0 aromatic carbocycles. The lowest BCUT2D eigenvalue weighted by Gasteiger charge is -2.47. The van der Waals surface area contributed by atoms with Crippen LogP contribution in [0.25, 0.3) is 0 Å². The third-order valence-corrected chi connectivity index (χ3v) is 3.88. The van der Waals surface area contributed by atoms with Gasteiger partial charge in [0.15, 0.2) is 5.82 Å². The van der Waals surface area contributed by atoms with Gasteiger partial charge in [0.2, 0.25) is 5.89 Å². The molecule has 1 atom stereocenters. The van der Waals surface area contributed by atoms with E-state index in [1.165, 1.54) is 19.3 Å². The van der Waals surface area contributed by atoms with Crippen LogP contribution in [0.15, 0.2) is 4.52 Å². The monoisotopic (exact) mass is 237 g/mol. The van der Waals surface area contributed by atoms with E-state index in [9.17, 15) is 0 Å². The van der Waals surface area contributed by atoms with Gasteiger partial charge in [-0.2, -0.15) is 4.98 Å². The number of ether oxygens (including phenoxy) is 1. The molecule has 94 valence electrons. The second-order valence-corrected chi connectivity index (χ2v) is 5.19. The molecular weight excluding hydrogens is 218 g/mol. The summed E-state index contributed by atoms with van der Waals surface area (Å²) in [4.78, 5) is 4.19. The van der Waals surface area contributed by atoms with Crippen molar-refractivity contribution in [3.05, 3.63) is 11.7 Å². The topological polar surface area (TPSA) is 60.2 Å². The summed E-state index contributed by atoms with van der Waals surface area (Å²) in [6.45, 7) is 3.38. The van der Waals surface area contributed by atoms with Gasteiger partial charge in [-0.3, -0.25) is 0 Å². The highest BCUT2D eigenvalue weighted by Gasteiger charge is 2.42. The van der Waals surface area contributed by atoms with Gasteiger partial charge in [-0.1, -0.05) is 5.16 Å². The lowest BCUT2D eigenvalue weighted by atomic mass is 9.74. The summed E-state index contributed by atoms with van der Waals surface area (Å²) in [6, 6.07) is 0.530. The first-order chi connectivity index (χ1) is 8.26. The van der Waals surface area contributed by atoms with Gasteiger partial charge in [-0.15, -0.1) is 0 Å². The molecule has 1 aromatic rings. The largest absolute Gasteiger partial charge is 0.375 e.